The van der Waals surface area contributed by atoms with Crippen molar-refractivity contribution < 1.29 is 13.2 Å². The number of aromatic nitrogens is 5. The number of halogens is 3. The van der Waals surface area contributed by atoms with Crippen LogP contribution in [0.4, 0.5) is 19.0 Å². The van der Waals surface area contributed by atoms with E-state index in [9.17, 15) is 13.2 Å². The van der Waals surface area contributed by atoms with E-state index in [0.29, 0.717) is 5.39 Å². The van der Waals surface area contributed by atoms with Gasteiger partial charge in [0.1, 0.15) is 12.1 Å². The molecule has 3 aromatic heterocycles. The molecule has 6 nitrogen and oxygen atoms in total. The first kappa shape index (κ1) is 12.3. The van der Waals surface area contributed by atoms with Crippen LogP contribution >= 0.6 is 0 Å². The van der Waals surface area contributed by atoms with E-state index in [0.717, 1.165) is 18.3 Å². The third kappa shape index (κ3) is 2.02. The summed E-state index contributed by atoms with van der Waals surface area (Å²) in [6.07, 6.45) is -0.704. The summed E-state index contributed by atoms with van der Waals surface area (Å²) < 4.78 is 39.1. The van der Waals surface area contributed by atoms with Crippen molar-refractivity contribution in [3.63, 3.8) is 0 Å². The molecule has 2 N–H and O–H groups in total. The van der Waals surface area contributed by atoms with Crippen LogP contribution in [0.1, 0.15) is 5.56 Å². The number of nitrogen functional groups attached to an aromatic ring is 1. The molecule has 0 unspecified atom stereocenters. The summed E-state index contributed by atoms with van der Waals surface area (Å²) in [5.74, 6) is 0.227. The second-order valence-electron chi connectivity index (χ2n) is 3.97. The van der Waals surface area contributed by atoms with Crippen LogP contribution in [0.3, 0.4) is 0 Å². The summed E-state index contributed by atoms with van der Waals surface area (Å²) in [6.45, 7) is 0. The van der Waals surface area contributed by atoms with Crippen molar-refractivity contribution in [2.75, 3.05) is 5.73 Å². The second-order valence-corrected chi connectivity index (χ2v) is 3.97. The van der Waals surface area contributed by atoms with Gasteiger partial charge in [0, 0.05) is 12.4 Å². The van der Waals surface area contributed by atoms with Crippen LogP contribution in [-0.4, -0.2) is 24.7 Å². The van der Waals surface area contributed by atoms with Crippen molar-refractivity contribution in [2.24, 2.45) is 0 Å². The Balaban J connectivity index is 2.14. The van der Waals surface area contributed by atoms with Gasteiger partial charge in [-0.1, -0.05) is 0 Å². The topological polar surface area (TPSA) is 82.5 Å². The van der Waals surface area contributed by atoms with E-state index >= 15 is 0 Å². The zero-order valence-corrected chi connectivity index (χ0v) is 9.83. The maximum atomic E-state index is 12.7. The highest BCUT2D eigenvalue weighted by atomic mass is 19.4. The van der Waals surface area contributed by atoms with Gasteiger partial charge in [-0.3, -0.25) is 0 Å². The molecule has 0 fully saturated rings. The van der Waals surface area contributed by atoms with Crippen LogP contribution in [0.15, 0.2) is 30.9 Å². The van der Waals surface area contributed by atoms with E-state index in [-0.39, 0.29) is 17.3 Å². The van der Waals surface area contributed by atoms with Crippen molar-refractivity contribution in [2.45, 2.75) is 6.18 Å². The summed E-state index contributed by atoms with van der Waals surface area (Å²) >= 11 is 0. The van der Waals surface area contributed by atoms with Gasteiger partial charge in [0.05, 0.1) is 10.9 Å². The Labute approximate surface area is 110 Å². The van der Waals surface area contributed by atoms with E-state index in [1.165, 1.54) is 17.2 Å². The van der Waals surface area contributed by atoms with Gasteiger partial charge < -0.3 is 5.73 Å². The average molecular weight is 280 g/mol. The minimum Gasteiger partial charge on any atom is -0.383 e. The molecule has 9 heteroatoms. The third-order valence-electron chi connectivity index (χ3n) is 2.66. The van der Waals surface area contributed by atoms with E-state index in [2.05, 4.69) is 20.1 Å². The molecule has 0 aromatic carbocycles. The van der Waals surface area contributed by atoms with Crippen molar-refractivity contribution in [3.8, 4) is 5.82 Å². The van der Waals surface area contributed by atoms with Gasteiger partial charge in [0.25, 0.3) is 0 Å². The Bertz CT molecular complexity index is 779. The van der Waals surface area contributed by atoms with Crippen LogP contribution in [-0.2, 0) is 6.18 Å². The van der Waals surface area contributed by atoms with E-state index in [1.807, 2.05) is 0 Å². The summed E-state index contributed by atoms with van der Waals surface area (Å²) in [6, 6.07) is 1.79. The summed E-state index contributed by atoms with van der Waals surface area (Å²) in [5.41, 5.74) is 5.13. The molecule has 0 atom stereocenters. The molecule has 0 aliphatic carbocycles. The molecule has 0 radical (unpaired) electrons. The Hall–Kier alpha value is -2.71. The molecule has 0 spiro atoms. The van der Waals surface area contributed by atoms with Gasteiger partial charge in [-0.2, -0.15) is 13.2 Å². The lowest BCUT2D eigenvalue weighted by Crippen LogP contribution is -2.07. The number of rotatable bonds is 1. The number of anilines is 1. The van der Waals surface area contributed by atoms with Crippen molar-refractivity contribution in [3.05, 3.63) is 36.4 Å². The molecular weight excluding hydrogens is 273 g/mol. The fraction of sp³-hybridized carbons (Fsp3) is 0.0909. The molecule has 0 amide bonds. The van der Waals surface area contributed by atoms with Crippen molar-refractivity contribution in [1.29, 1.82) is 0 Å². The van der Waals surface area contributed by atoms with Gasteiger partial charge in [-0.15, -0.1) is 5.10 Å². The predicted octanol–water partition coefficient (Wildman–Crippen LogP) is 1.81. The lowest BCUT2D eigenvalue weighted by atomic mass is 10.2. The van der Waals surface area contributed by atoms with E-state index in [1.54, 1.807) is 0 Å². The summed E-state index contributed by atoms with van der Waals surface area (Å²) in [4.78, 5) is 11.5. The molecule has 0 saturated heterocycles. The first-order chi connectivity index (χ1) is 9.45. The van der Waals surface area contributed by atoms with Gasteiger partial charge in [-0.25, -0.2) is 19.6 Å². The molecular formula is C11H7F3N6. The first-order valence-electron chi connectivity index (χ1n) is 5.44. The minimum absolute atomic E-state index is 0.0252. The number of alkyl halides is 3. The first-order valence-corrected chi connectivity index (χ1v) is 5.44. The van der Waals surface area contributed by atoms with Gasteiger partial charge in [0.2, 0.25) is 0 Å². The molecule has 3 rings (SSSR count). The van der Waals surface area contributed by atoms with Gasteiger partial charge >= 0.3 is 6.18 Å². The fourth-order valence-electron chi connectivity index (χ4n) is 1.69. The number of nitrogens with two attached hydrogens (primary N) is 1. The molecule has 3 aromatic rings. The van der Waals surface area contributed by atoms with Crippen LogP contribution in [0, 0.1) is 0 Å². The molecule has 0 bridgehead atoms. The quantitative estimate of drug-likeness (QED) is 0.735. The van der Waals surface area contributed by atoms with Crippen LogP contribution in [0.25, 0.3) is 16.9 Å². The molecule has 0 aliphatic heterocycles. The smallest absolute Gasteiger partial charge is 0.383 e. The Morgan fingerprint density at radius 2 is 1.95 bits per heavy atom. The Morgan fingerprint density at radius 3 is 2.65 bits per heavy atom. The van der Waals surface area contributed by atoms with E-state index in [4.69, 9.17) is 5.73 Å². The molecule has 0 aliphatic rings. The second kappa shape index (κ2) is 4.15. The lowest BCUT2D eigenvalue weighted by molar-refractivity contribution is -0.137. The highest BCUT2D eigenvalue weighted by Gasteiger charge is 2.31. The highest BCUT2D eigenvalue weighted by Crippen LogP contribution is 2.29. The zero-order valence-electron chi connectivity index (χ0n) is 9.83. The monoisotopic (exact) mass is 280 g/mol. The number of fused-ring (bicyclic) bond motifs is 1. The summed E-state index contributed by atoms with van der Waals surface area (Å²) in [7, 11) is 0. The largest absolute Gasteiger partial charge is 0.416 e. The maximum Gasteiger partial charge on any atom is 0.416 e. The third-order valence-corrected chi connectivity index (χ3v) is 2.66. The number of nitrogens with zero attached hydrogens (tertiary/aromatic N) is 5. The molecule has 3 heterocycles. The Kier molecular flexibility index (Phi) is 2.56. The standard InChI is InChI=1S/C11H7F3N6/c12-11(13,14)6-1-2-16-8(3-6)20-4-7-9(15)17-5-18-10(7)19-20/h1-5H,(H2,15,17,18,19). The Morgan fingerprint density at radius 1 is 1.15 bits per heavy atom. The van der Waals surface area contributed by atoms with Crippen LogP contribution < -0.4 is 5.73 Å². The SMILES string of the molecule is Nc1ncnc2nn(-c3cc(C(F)(F)F)ccn3)cc12. The minimum atomic E-state index is -4.44. The number of hydrogen-bond donors (Lipinski definition) is 1. The van der Waals surface area contributed by atoms with Crippen LogP contribution in [0.5, 0.6) is 0 Å². The highest BCUT2D eigenvalue weighted by molar-refractivity contribution is 5.84. The molecule has 20 heavy (non-hydrogen) atoms. The fourth-order valence-corrected chi connectivity index (χ4v) is 1.69. The molecule has 0 saturated carbocycles. The van der Waals surface area contributed by atoms with Crippen LogP contribution in [0.2, 0.25) is 0 Å². The summed E-state index contributed by atoms with van der Waals surface area (Å²) in [5, 5.41) is 4.47. The predicted molar refractivity (Wildman–Crippen MR) is 63.9 cm³/mol. The average Bonchev–Trinajstić information content (AvgIpc) is 2.83. The number of hydrogen-bond acceptors (Lipinski definition) is 5. The lowest BCUT2D eigenvalue weighted by Gasteiger charge is -2.07. The maximum absolute atomic E-state index is 12.7. The van der Waals surface area contributed by atoms with Crippen molar-refractivity contribution >= 4 is 16.9 Å². The number of pyridine rings is 1. The zero-order chi connectivity index (χ0) is 14.3. The molecule has 102 valence electrons. The normalized spacial score (nSPS) is 11.9. The van der Waals surface area contributed by atoms with Crippen molar-refractivity contribution in [1.82, 2.24) is 24.7 Å². The van der Waals surface area contributed by atoms with Gasteiger partial charge in [-0.05, 0) is 12.1 Å². The van der Waals surface area contributed by atoms with E-state index < -0.39 is 11.7 Å². The van der Waals surface area contributed by atoms with Gasteiger partial charge in [0.15, 0.2) is 11.5 Å².